The van der Waals surface area contributed by atoms with Crippen molar-refractivity contribution in [3.05, 3.63) is 64.5 Å². The minimum atomic E-state index is -4.44. The molecular formula is C20H19F3N2OS2. The second kappa shape index (κ2) is 9.75. The van der Waals surface area contributed by atoms with Gasteiger partial charge in [-0.05, 0) is 42.7 Å². The lowest BCUT2D eigenvalue weighted by Gasteiger charge is -2.07. The molecule has 0 saturated carbocycles. The van der Waals surface area contributed by atoms with Gasteiger partial charge in [-0.15, -0.1) is 23.1 Å². The quantitative estimate of drug-likeness (QED) is 0.467. The van der Waals surface area contributed by atoms with E-state index in [1.165, 1.54) is 5.38 Å². The predicted octanol–water partition coefficient (Wildman–Crippen LogP) is 6.83. The van der Waals surface area contributed by atoms with Crippen LogP contribution in [0, 0.1) is 0 Å². The van der Waals surface area contributed by atoms with Crippen LogP contribution in [0.2, 0.25) is 0 Å². The molecule has 0 saturated heterocycles. The fourth-order valence-electron chi connectivity index (χ4n) is 2.21. The van der Waals surface area contributed by atoms with Crippen LogP contribution in [0.3, 0.4) is 0 Å². The monoisotopic (exact) mass is 424 g/mol. The van der Waals surface area contributed by atoms with E-state index in [9.17, 15) is 18.0 Å². The Labute approximate surface area is 170 Å². The minimum absolute atomic E-state index is 0.251. The first-order valence-corrected chi connectivity index (χ1v) is 10.6. The van der Waals surface area contributed by atoms with Gasteiger partial charge in [-0.2, -0.15) is 13.2 Å². The number of alkyl halides is 3. The number of carbonyl (C=O) groups is 1. The molecule has 0 atom stereocenters. The molecule has 8 heteroatoms. The van der Waals surface area contributed by atoms with Gasteiger partial charge in [-0.3, -0.25) is 4.79 Å². The van der Waals surface area contributed by atoms with E-state index < -0.39 is 11.2 Å². The molecule has 0 unspecified atom stereocenters. The van der Waals surface area contributed by atoms with E-state index in [1.807, 2.05) is 32.2 Å². The van der Waals surface area contributed by atoms with Gasteiger partial charge in [0.05, 0.1) is 5.69 Å². The summed E-state index contributed by atoms with van der Waals surface area (Å²) in [5, 5.41) is 3.25. The molecule has 0 aliphatic heterocycles. The van der Waals surface area contributed by atoms with Crippen LogP contribution in [-0.4, -0.2) is 17.1 Å². The Hall–Kier alpha value is -2.32. The smallest absolute Gasteiger partial charge is 0.322 e. The van der Waals surface area contributed by atoms with Crippen LogP contribution < -0.4 is 5.32 Å². The maximum Gasteiger partial charge on any atom is 0.443 e. The van der Waals surface area contributed by atoms with Crippen molar-refractivity contribution in [1.29, 1.82) is 0 Å². The summed E-state index contributed by atoms with van der Waals surface area (Å²) >= 11 is 2.15. The summed E-state index contributed by atoms with van der Waals surface area (Å²) in [6.45, 7) is 4.00. The van der Waals surface area contributed by atoms with Crippen molar-refractivity contribution < 1.29 is 18.0 Å². The van der Waals surface area contributed by atoms with Crippen molar-refractivity contribution >= 4 is 34.7 Å². The lowest BCUT2D eigenvalue weighted by atomic mass is 10.1. The molecule has 1 aromatic heterocycles. The summed E-state index contributed by atoms with van der Waals surface area (Å²) in [7, 11) is 0. The number of anilines is 1. The maximum absolute atomic E-state index is 12.6. The van der Waals surface area contributed by atoms with Gasteiger partial charge in [0.1, 0.15) is 0 Å². The summed E-state index contributed by atoms with van der Waals surface area (Å²) in [5.41, 5.74) is 1.90. The summed E-state index contributed by atoms with van der Waals surface area (Å²) in [6, 6.07) is 13.7. The number of aromatic nitrogens is 1. The fourth-order valence-corrected chi connectivity index (χ4v) is 3.31. The zero-order valence-corrected chi connectivity index (χ0v) is 17.1. The fraction of sp³-hybridized carbons (Fsp3) is 0.200. The molecule has 1 heterocycles. The van der Waals surface area contributed by atoms with Gasteiger partial charge in [-0.1, -0.05) is 26.0 Å². The lowest BCUT2D eigenvalue weighted by molar-refractivity contribution is -0.137. The number of hydrogen-bond acceptors (Lipinski definition) is 4. The topological polar surface area (TPSA) is 42.0 Å². The third kappa shape index (κ3) is 5.59. The van der Waals surface area contributed by atoms with E-state index >= 15 is 0 Å². The Morgan fingerprint density at radius 1 is 1.04 bits per heavy atom. The molecule has 3 rings (SSSR count). The number of rotatable bonds is 4. The summed E-state index contributed by atoms with van der Waals surface area (Å²) in [6.07, 6.45) is -2.49. The molecule has 28 heavy (non-hydrogen) atoms. The molecule has 3 aromatic rings. The maximum atomic E-state index is 12.6. The van der Waals surface area contributed by atoms with Crippen molar-refractivity contribution in [2.45, 2.75) is 24.9 Å². The zero-order valence-electron chi connectivity index (χ0n) is 15.5. The number of thioether (sulfide) groups is 1. The van der Waals surface area contributed by atoms with E-state index in [1.54, 1.807) is 48.2 Å². The van der Waals surface area contributed by atoms with Crippen LogP contribution in [0.15, 0.2) is 58.8 Å². The molecular weight excluding hydrogens is 405 g/mol. The van der Waals surface area contributed by atoms with Gasteiger partial charge >= 0.3 is 6.18 Å². The molecule has 0 radical (unpaired) electrons. The molecule has 1 amide bonds. The first-order valence-electron chi connectivity index (χ1n) is 8.45. The summed E-state index contributed by atoms with van der Waals surface area (Å²) < 4.78 is 37.9. The van der Waals surface area contributed by atoms with Crippen molar-refractivity contribution in [3.63, 3.8) is 0 Å². The predicted molar refractivity (Wildman–Crippen MR) is 110 cm³/mol. The highest BCUT2D eigenvalue weighted by molar-refractivity contribution is 7.98. The lowest BCUT2D eigenvalue weighted by Crippen LogP contribution is -2.11. The van der Waals surface area contributed by atoms with Crippen LogP contribution in [0.25, 0.3) is 11.3 Å². The SMILES string of the molecule is CC.CSc1ccc(C(=O)Nc2ccc(-c3csc(C(F)(F)F)n3)cc2)cc1. The van der Waals surface area contributed by atoms with Gasteiger partial charge in [0.15, 0.2) is 5.01 Å². The Kier molecular flexibility index (Phi) is 7.65. The molecule has 148 valence electrons. The largest absolute Gasteiger partial charge is 0.443 e. The second-order valence-corrected chi connectivity index (χ2v) is 7.03. The number of amides is 1. The zero-order chi connectivity index (χ0) is 20.7. The highest BCUT2D eigenvalue weighted by Gasteiger charge is 2.34. The van der Waals surface area contributed by atoms with Gasteiger partial charge in [0.25, 0.3) is 5.91 Å². The molecule has 2 aromatic carbocycles. The van der Waals surface area contributed by atoms with Gasteiger partial charge in [0, 0.05) is 27.1 Å². The van der Waals surface area contributed by atoms with E-state index in [0.717, 1.165) is 4.90 Å². The first-order chi connectivity index (χ1) is 13.4. The van der Waals surface area contributed by atoms with E-state index in [2.05, 4.69) is 10.3 Å². The van der Waals surface area contributed by atoms with Gasteiger partial charge in [0.2, 0.25) is 0 Å². The molecule has 1 N–H and O–H groups in total. The van der Waals surface area contributed by atoms with Crippen molar-refractivity contribution in [2.75, 3.05) is 11.6 Å². The summed E-state index contributed by atoms with van der Waals surface area (Å²) in [4.78, 5) is 16.9. The Balaban J connectivity index is 0.00000136. The Morgan fingerprint density at radius 3 is 2.14 bits per heavy atom. The Bertz CT molecular complexity index is 904. The molecule has 0 spiro atoms. The average Bonchev–Trinajstić information content (AvgIpc) is 3.21. The number of nitrogens with zero attached hydrogens (tertiary/aromatic N) is 1. The summed E-state index contributed by atoms with van der Waals surface area (Å²) in [5.74, 6) is -0.251. The number of hydrogen-bond donors (Lipinski definition) is 1. The molecule has 0 aliphatic rings. The molecule has 0 aliphatic carbocycles. The van der Waals surface area contributed by atoms with E-state index in [-0.39, 0.29) is 11.6 Å². The van der Waals surface area contributed by atoms with Crippen LogP contribution in [0.4, 0.5) is 18.9 Å². The van der Waals surface area contributed by atoms with Gasteiger partial charge < -0.3 is 5.32 Å². The van der Waals surface area contributed by atoms with Crippen LogP contribution in [0.1, 0.15) is 29.2 Å². The number of thiazole rings is 1. The normalized spacial score (nSPS) is 10.8. The van der Waals surface area contributed by atoms with Crippen LogP contribution in [0.5, 0.6) is 0 Å². The number of halogens is 3. The first kappa shape index (κ1) is 22.0. The highest BCUT2D eigenvalue weighted by Crippen LogP contribution is 2.34. The Morgan fingerprint density at radius 2 is 1.64 bits per heavy atom. The standard InChI is InChI=1S/C18H13F3N2OS2.C2H6/c1-25-14-8-4-12(5-9-14)16(24)22-13-6-2-11(3-7-13)15-10-26-17(23-15)18(19,20)21;1-2/h2-10H,1H3,(H,22,24);1-2H3. The number of nitrogens with one attached hydrogen (secondary N) is 1. The molecule has 0 bridgehead atoms. The van der Waals surface area contributed by atoms with Crippen molar-refractivity contribution in [3.8, 4) is 11.3 Å². The van der Waals surface area contributed by atoms with Gasteiger partial charge in [-0.25, -0.2) is 4.98 Å². The van der Waals surface area contributed by atoms with E-state index in [4.69, 9.17) is 0 Å². The highest BCUT2D eigenvalue weighted by atomic mass is 32.2. The van der Waals surface area contributed by atoms with Crippen molar-refractivity contribution in [1.82, 2.24) is 4.98 Å². The minimum Gasteiger partial charge on any atom is -0.322 e. The molecule has 3 nitrogen and oxygen atoms in total. The molecule has 0 fully saturated rings. The second-order valence-electron chi connectivity index (χ2n) is 5.30. The number of benzene rings is 2. The van der Waals surface area contributed by atoms with Crippen molar-refractivity contribution in [2.24, 2.45) is 0 Å². The third-order valence-electron chi connectivity index (χ3n) is 3.54. The van der Waals surface area contributed by atoms with Crippen LogP contribution >= 0.6 is 23.1 Å². The average molecular weight is 425 g/mol. The third-order valence-corrected chi connectivity index (χ3v) is 5.17. The van der Waals surface area contributed by atoms with E-state index in [0.29, 0.717) is 28.2 Å². The number of carbonyl (C=O) groups excluding carboxylic acids is 1. The van der Waals surface area contributed by atoms with Crippen LogP contribution in [-0.2, 0) is 6.18 Å².